The molecule has 0 saturated heterocycles. The van der Waals surface area contributed by atoms with Gasteiger partial charge in [-0.2, -0.15) is 0 Å². The largest absolute Gasteiger partial charge is 0.319 e. The molecule has 0 aromatic carbocycles. The summed E-state index contributed by atoms with van der Waals surface area (Å²) in [4.78, 5) is 18.4. The Hall–Kier alpha value is -1.16. The van der Waals surface area contributed by atoms with E-state index in [4.69, 9.17) is 5.73 Å². The number of nitrogens with zero attached hydrogens (tertiary/aromatic N) is 1. The lowest BCUT2D eigenvalue weighted by Gasteiger charge is -2.21. The molecule has 1 heterocycles. The van der Waals surface area contributed by atoms with Crippen LogP contribution in [0.3, 0.4) is 0 Å². The van der Waals surface area contributed by atoms with Crippen LogP contribution in [-0.4, -0.2) is 9.97 Å². The third-order valence-corrected chi connectivity index (χ3v) is 2.94. The number of aryl methyl sites for hydroxylation is 1. The van der Waals surface area contributed by atoms with Gasteiger partial charge in [0.25, 0.3) is 5.56 Å². The molecule has 1 aliphatic carbocycles. The molecule has 1 aromatic rings. The summed E-state index contributed by atoms with van der Waals surface area (Å²) in [6.07, 6.45) is 5.67. The molecular weight excluding hydrogens is 178 g/mol. The fourth-order valence-electron chi connectivity index (χ4n) is 1.95. The molecule has 2 rings (SSSR count). The van der Waals surface area contributed by atoms with Gasteiger partial charge in [0.15, 0.2) is 0 Å². The first-order chi connectivity index (χ1) is 6.62. The van der Waals surface area contributed by atoms with Crippen molar-refractivity contribution in [2.45, 2.75) is 38.1 Å². The number of nitrogens with two attached hydrogens (primary N) is 1. The van der Waals surface area contributed by atoms with Gasteiger partial charge >= 0.3 is 0 Å². The van der Waals surface area contributed by atoms with E-state index in [0.29, 0.717) is 11.4 Å². The fraction of sp³-hybridized carbons (Fsp3) is 0.600. The molecule has 0 spiro atoms. The SMILES string of the molecule is Cc1cnc(C2(N)CCCC2)[nH]c1=O. The maximum absolute atomic E-state index is 11.4. The summed E-state index contributed by atoms with van der Waals surface area (Å²) >= 11 is 0. The van der Waals surface area contributed by atoms with Crippen molar-refractivity contribution in [3.05, 3.63) is 27.9 Å². The van der Waals surface area contributed by atoms with Gasteiger partial charge < -0.3 is 10.7 Å². The molecule has 1 aliphatic rings. The summed E-state index contributed by atoms with van der Waals surface area (Å²) in [5.74, 6) is 0.644. The Balaban J connectivity index is 2.41. The van der Waals surface area contributed by atoms with Crippen LogP contribution >= 0.6 is 0 Å². The highest BCUT2D eigenvalue weighted by molar-refractivity contribution is 5.11. The van der Waals surface area contributed by atoms with Crippen molar-refractivity contribution in [2.24, 2.45) is 5.73 Å². The lowest BCUT2D eigenvalue weighted by Crippen LogP contribution is -2.37. The number of aromatic amines is 1. The second-order valence-corrected chi connectivity index (χ2v) is 4.11. The average molecular weight is 193 g/mol. The second kappa shape index (κ2) is 3.20. The van der Waals surface area contributed by atoms with E-state index in [0.717, 1.165) is 25.7 Å². The smallest absolute Gasteiger partial charge is 0.253 e. The maximum atomic E-state index is 11.4. The highest BCUT2D eigenvalue weighted by atomic mass is 16.1. The summed E-state index contributed by atoms with van der Waals surface area (Å²) in [6.45, 7) is 1.74. The van der Waals surface area contributed by atoms with Crippen molar-refractivity contribution in [2.75, 3.05) is 0 Å². The molecule has 1 fully saturated rings. The highest BCUT2D eigenvalue weighted by Gasteiger charge is 2.33. The number of aromatic nitrogens is 2. The van der Waals surface area contributed by atoms with Crippen molar-refractivity contribution < 1.29 is 0 Å². The molecule has 0 amide bonds. The van der Waals surface area contributed by atoms with Crippen LogP contribution in [0.5, 0.6) is 0 Å². The topological polar surface area (TPSA) is 71.8 Å². The zero-order valence-electron chi connectivity index (χ0n) is 8.34. The third-order valence-electron chi connectivity index (χ3n) is 2.94. The van der Waals surface area contributed by atoms with Crippen LogP contribution in [0.2, 0.25) is 0 Å². The first-order valence-corrected chi connectivity index (χ1v) is 4.97. The lowest BCUT2D eigenvalue weighted by atomic mass is 9.98. The molecule has 0 aliphatic heterocycles. The second-order valence-electron chi connectivity index (χ2n) is 4.11. The zero-order chi connectivity index (χ0) is 10.2. The van der Waals surface area contributed by atoms with Gasteiger partial charge in [0, 0.05) is 11.8 Å². The van der Waals surface area contributed by atoms with E-state index in [-0.39, 0.29) is 5.56 Å². The molecule has 76 valence electrons. The van der Waals surface area contributed by atoms with Crippen LogP contribution in [-0.2, 0) is 5.54 Å². The van der Waals surface area contributed by atoms with Gasteiger partial charge in [0.2, 0.25) is 0 Å². The van der Waals surface area contributed by atoms with E-state index >= 15 is 0 Å². The predicted molar refractivity (Wildman–Crippen MR) is 53.9 cm³/mol. The van der Waals surface area contributed by atoms with E-state index in [9.17, 15) is 4.79 Å². The van der Waals surface area contributed by atoms with E-state index in [2.05, 4.69) is 9.97 Å². The minimum absolute atomic E-state index is 0.0771. The van der Waals surface area contributed by atoms with Crippen molar-refractivity contribution in [3.8, 4) is 0 Å². The number of hydrogen-bond acceptors (Lipinski definition) is 3. The number of hydrogen-bond donors (Lipinski definition) is 2. The summed E-state index contributed by atoms with van der Waals surface area (Å²) in [5.41, 5.74) is 6.33. The first-order valence-electron chi connectivity index (χ1n) is 4.97. The molecule has 4 heteroatoms. The fourth-order valence-corrected chi connectivity index (χ4v) is 1.95. The molecule has 0 bridgehead atoms. The van der Waals surface area contributed by atoms with E-state index in [1.807, 2.05) is 0 Å². The Morgan fingerprint density at radius 3 is 2.71 bits per heavy atom. The normalized spacial score (nSPS) is 19.9. The molecule has 3 N–H and O–H groups in total. The van der Waals surface area contributed by atoms with Crippen molar-refractivity contribution in [1.82, 2.24) is 9.97 Å². The number of nitrogens with one attached hydrogen (secondary N) is 1. The average Bonchev–Trinajstić information content (AvgIpc) is 2.58. The van der Waals surface area contributed by atoms with Gasteiger partial charge in [-0.1, -0.05) is 12.8 Å². The Bertz CT molecular complexity index is 391. The summed E-state index contributed by atoms with van der Waals surface area (Å²) < 4.78 is 0. The molecule has 0 atom stereocenters. The van der Waals surface area contributed by atoms with Gasteiger partial charge in [0.05, 0.1) is 5.54 Å². The van der Waals surface area contributed by atoms with E-state index < -0.39 is 5.54 Å². The molecule has 14 heavy (non-hydrogen) atoms. The summed E-state index contributed by atoms with van der Waals surface area (Å²) in [5, 5.41) is 0. The first kappa shape index (κ1) is 9.40. The van der Waals surface area contributed by atoms with E-state index in [1.54, 1.807) is 13.1 Å². The molecule has 4 nitrogen and oxygen atoms in total. The molecular formula is C10H15N3O. The minimum Gasteiger partial charge on any atom is -0.319 e. The van der Waals surface area contributed by atoms with Gasteiger partial charge in [-0.25, -0.2) is 4.98 Å². The number of H-pyrrole nitrogens is 1. The quantitative estimate of drug-likeness (QED) is 0.693. The molecule has 0 unspecified atom stereocenters. The van der Waals surface area contributed by atoms with Crippen LogP contribution in [0.15, 0.2) is 11.0 Å². The third kappa shape index (κ3) is 1.46. The van der Waals surface area contributed by atoms with Crippen LogP contribution in [0.25, 0.3) is 0 Å². The summed E-state index contributed by atoms with van der Waals surface area (Å²) in [7, 11) is 0. The Labute approximate surface area is 82.6 Å². The maximum Gasteiger partial charge on any atom is 0.253 e. The van der Waals surface area contributed by atoms with Crippen molar-refractivity contribution in [3.63, 3.8) is 0 Å². The minimum atomic E-state index is -0.396. The lowest BCUT2D eigenvalue weighted by molar-refractivity contribution is 0.429. The Morgan fingerprint density at radius 1 is 1.50 bits per heavy atom. The Kier molecular flexibility index (Phi) is 2.15. The van der Waals surface area contributed by atoms with Crippen LogP contribution in [0.4, 0.5) is 0 Å². The monoisotopic (exact) mass is 193 g/mol. The molecule has 0 radical (unpaired) electrons. The zero-order valence-corrected chi connectivity index (χ0v) is 8.34. The van der Waals surface area contributed by atoms with Gasteiger partial charge in [0.1, 0.15) is 5.82 Å². The highest BCUT2D eigenvalue weighted by Crippen LogP contribution is 2.33. The van der Waals surface area contributed by atoms with Crippen LogP contribution in [0.1, 0.15) is 37.1 Å². The van der Waals surface area contributed by atoms with Gasteiger partial charge in [-0.05, 0) is 19.8 Å². The standard InChI is InChI=1S/C10H15N3O/c1-7-6-12-9(13-8(7)14)10(11)4-2-3-5-10/h6H,2-5,11H2,1H3,(H,12,13,14). The van der Waals surface area contributed by atoms with Gasteiger partial charge in [-0.15, -0.1) is 0 Å². The van der Waals surface area contributed by atoms with Gasteiger partial charge in [-0.3, -0.25) is 4.79 Å². The predicted octanol–water partition coefficient (Wildman–Crippen LogP) is 0.806. The Morgan fingerprint density at radius 2 is 2.14 bits per heavy atom. The van der Waals surface area contributed by atoms with Crippen molar-refractivity contribution in [1.29, 1.82) is 0 Å². The van der Waals surface area contributed by atoms with E-state index in [1.165, 1.54) is 0 Å². The van der Waals surface area contributed by atoms with Crippen LogP contribution in [0, 0.1) is 6.92 Å². The number of rotatable bonds is 1. The summed E-state index contributed by atoms with van der Waals surface area (Å²) in [6, 6.07) is 0. The molecule has 1 aromatic heterocycles. The van der Waals surface area contributed by atoms with Crippen molar-refractivity contribution >= 4 is 0 Å². The molecule has 1 saturated carbocycles. The van der Waals surface area contributed by atoms with Crippen LogP contribution < -0.4 is 11.3 Å².